The number of nitriles is 1. The Morgan fingerprint density at radius 1 is 1.13 bits per heavy atom. The maximum absolute atomic E-state index is 12.8. The van der Waals surface area contributed by atoms with E-state index in [0.717, 1.165) is 28.4 Å². The van der Waals surface area contributed by atoms with Crippen LogP contribution in [0.25, 0.3) is 0 Å². The molecule has 1 fully saturated rings. The summed E-state index contributed by atoms with van der Waals surface area (Å²) in [6.07, 6.45) is 5.72. The number of rotatable bonds is 6. The highest BCUT2D eigenvalue weighted by molar-refractivity contribution is 7.98. The molecule has 1 aromatic heterocycles. The van der Waals surface area contributed by atoms with Crippen LogP contribution in [0.4, 0.5) is 5.69 Å². The second kappa shape index (κ2) is 9.16. The fourth-order valence-electron chi connectivity index (χ4n) is 3.64. The molecule has 3 aromatic rings. The SMILES string of the molecule is CSc1cccc(N2CCN(Cc3cncn3Cc3ccc(C#N)cc3)CC2=O)c1. The molecule has 1 amide bonds. The number of hydrogen-bond acceptors (Lipinski definition) is 5. The number of hydrogen-bond donors (Lipinski definition) is 0. The first kappa shape index (κ1) is 20.2. The second-order valence-electron chi connectivity index (χ2n) is 7.28. The topological polar surface area (TPSA) is 65.2 Å². The van der Waals surface area contributed by atoms with Gasteiger partial charge in [0.2, 0.25) is 5.91 Å². The van der Waals surface area contributed by atoms with Crippen molar-refractivity contribution < 1.29 is 4.79 Å². The van der Waals surface area contributed by atoms with Gasteiger partial charge in [0.05, 0.1) is 30.2 Å². The average Bonchev–Trinajstić information content (AvgIpc) is 3.21. The van der Waals surface area contributed by atoms with Crippen molar-refractivity contribution in [2.24, 2.45) is 0 Å². The summed E-state index contributed by atoms with van der Waals surface area (Å²) >= 11 is 1.68. The van der Waals surface area contributed by atoms with E-state index in [1.165, 1.54) is 0 Å². The molecular weight excluding hydrogens is 394 g/mol. The molecule has 30 heavy (non-hydrogen) atoms. The molecule has 0 radical (unpaired) electrons. The van der Waals surface area contributed by atoms with Crippen LogP contribution in [0.5, 0.6) is 0 Å². The molecule has 1 saturated heterocycles. The van der Waals surface area contributed by atoms with Gasteiger partial charge in [-0.2, -0.15) is 5.26 Å². The van der Waals surface area contributed by atoms with Crippen molar-refractivity contribution in [1.29, 1.82) is 5.26 Å². The molecule has 0 bridgehead atoms. The van der Waals surface area contributed by atoms with Gasteiger partial charge in [0.25, 0.3) is 0 Å². The monoisotopic (exact) mass is 417 g/mol. The number of imidazole rings is 1. The quantitative estimate of drug-likeness (QED) is 0.576. The lowest BCUT2D eigenvalue weighted by Gasteiger charge is -2.34. The summed E-state index contributed by atoms with van der Waals surface area (Å²) in [5, 5.41) is 8.95. The summed E-state index contributed by atoms with van der Waals surface area (Å²) in [6.45, 7) is 3.26. The number of piperazine rings is 1. The molecule has 2 heterocycles. The van der Waals surface area contributed by atoms with E-state index in [0.29, 0.717) is 31.7 Å². The largest absolute Gasteiger partial charge is 0.329 e. The molecule has 0 unspecified atom stereocenters. The maximum atomic E-state index is 12.8. The van der Waals surface area contributed by atoms with Crippen LogP contribution in [0.1, 0.15) is 16.8 Å². The lowest BCUT2D eigenvalue weighted by Crippen LogP contribution is -2.50. The number of benzene rings is 2. The van der Waals surface area contributed by atoms with Crippen molar-refractivity contribution in [3.05, 3.63) is 77.9 Å². The highest BCUT2D eigenvalue weighted by Gasteiger charge is 2.25. The molecule has 4 rings (SSSR count). The fourth-order valence-corrected chi connectivity index (χ4v) is 4.09. The summed E-state index contributed by atoms with van der Waals surface area (Å²) < 4.78 is 2.10. The Morgan fingerprint density at radius 3 is 2.70 bits per heavy atom. The Bertz CT molecular complexity index is 1070. The van der Waals surface area contributed by atoms with E-state index in [9.17, 15) is 4.79 Å². The van der Waals surface area contributed by atoms with Gasteiger partial charge < -0.3 is 9.47 Å². The van der Waals surface area contributed by atoms with Crippen molar-refractivity contribution in [3.8, 4) is 6.07 Å². The van der Waals surface area contributed by atoms with E-state index in [-0.39, 0.29) is 5.91 Å². The van der Waals surface area contributed by atoms with Gasteiger partial charge in [-0.15, -0.1) is 11.8 Å². The van der Waals surface area contributed by atoms with Gasteiger partial charge in [-0.25, -0.2) is 4.98 Å². The third-order valence-electron chi connectivity index (χ3n) is 5.28. The third-order valence-corrected chi connectivity index (χ3v) is 6.01. The minimum atomic E-state index is 0.123. The van der Waals surface area contributed by atoms with Crippen molar-refractivity contribution in [3.63, 3.8) is 0 Å². The van der Waals surface area contributed by atoms with Gasteiger partial charge in [0, 0.05) is 43.0 Å². The van der Waals surface area contributed by atoms with Crippen LogP contribution < -0.4 is 4.90 Å². The predicted octanol–water partition coefficient (Wildman–Crippen LogP) is 3.37. The Morgan fingerprint density at radius 2 is 1.97 bits per heavy atom. The lowest BCUT2D eigenvalue weighted by atomic mass is 10.1. The highest BCUT2D eigenvalue weighted by Crippen LogP contribution is 2.24. The third kappa shape index (κ3) is 4.56. The van der Waals surface area contributed by atoms with Crippen molar-refractivity contribution in [2.45, 2.75) is 18.0 Å². The molecule has 0 saturated carbocycles. The van der Waals surface area contributed by atoms with E-state index in [4.69, 9.17) is 5.26 Å². The fraction of sp³-hybridized carbons (Fsp3) is 0.261. The second-order valence-corrected chi connectivity index (χ2v) is 8.16. The average molecular weight is 418 g/mol. The number of carbonyl (C=O) groups excluding carboxylic acids is 1. The Balaban J connectivity index is 1.40. The van der Waals surface area contributed by atoms with E-state index in [1.54, 1.807) is 11.8 Å². The van der Waals surface area contributed by atoms with Gasteiger partial charge in [0.1, 0.15) is 0 Å². The van der Waals surface area contributed by atoms with Crippen molar-refractivity contribution in [2.75, 3.05) is 30.8 Å². The van der Waals surface area contributed by atoms with Crippen LogP contribution in [0, 0.1) is 11.3 Å². The van der Waals surface area contributed by atoms with E-state index in [1.807, 2.05) is 60.1 Å². The highest BCUT2D eigenvalue weighted by atomic mass is 32.2. The Hall–Kier alpha value is -3.08. The summed E-state index contributed by atoms with van der Waals surface area (Å²) in [7, 11) is 0. The zero-order chi connectivity index (χ0) is 20.9. The number of aromatic nitrogens is 2. The normalized spacial score (nSPS) is 14.7. The molecular formula is C23H23N5OS. The number of carbonyl (C=O) groups is 1. The molecule has 0 atom stereocenters. The van der Waals surface area contributed by atoms with E-state index >= 15 is 0 Å². The summed E-state index contributed by atoms with van der Waals surface area (Å²) in [5.41, 5.74) is 3.81. The van der Waals surface area contributed by atoms with Crippen LogP contribution in [0.3, 0.4) is 0 Å². The Labute approximate surface area is 180 Å². The zero-order valence-corrected chi connectivity index (χ0v) is 17.7. The van der Waals surface area contributed by atoms with Crippen LogP contribution in [-0.2, 0) is 17.9 Å². The van der Waals surface area contributed by atoms with Crippen LogP contribution in [0.15, 0.2) is 66.0 Å². The molecule has 1 aliphatic rings. The van der Waals surface area contributed by atoms with Crippen molar-refractivity contribution in [1.82, 2.24) is 14.5 Å². The van der Waals surface area contributed by atoms with Crippen LogP contribution in [-0.4, -0.2) is 46.2 Å². The molecule has 1 aliphatic heterocycles. The predicted molar refractivity (Wildman–Crippen MR) is 118 cm³/mol. The summed E-state index contributed by atoms with van der Waals surface area (Å²) in [6, 6.07) is 17.9. The summed E-state index contributed by atoms with van der Waals surface area (Å²) in [4.78, 5) is 22.3. The van der Waals surface area contributed by atoms with E-state index < -0.39 is 0 Å². The van der Waals surface area contributed by atoms with E-state index in [2.05, 4.69) is 32.7 Å². The lowest BCUT2D eigenvalue weighted by molar-refractivity contribution is -0.121. The first-order valence-electron chi connectivity index (χ1n) is 9.81. The first-order chi connectivity index (χ1) is 14.7. The van der Waals surface area contributed by atoms with Crippen molar-refractivity contribution >= 4 is 23.4 Å². The zero-order valence-electron chi connectivity index (χ0n) is 16.9. The van der Waals surface area contributed by atoms with Gasteiger partial charge in [0.15, 0.2) is 0 Å². The molecule has 0 aliphatic carbocycles. The molecule has 0 spiro atoms. The Kier molecular flexibility index (Phi) is 6.17. The molecule has 152 valence electrons. The number of thioether (sulfide) groups is 1. The van der Waals surface area contributed by atoms with Gasteiger partial charge in [-0.05, 0) is 42.2 Å². The number of anilines is 1. The molecule has 2 aromatic carbocycles. The molecule has 0 N–H and O–H groups in total. The molecule has 7 heteroatoms. The molecule has 6 nitrogen and oxygen atoms in total. The summed E-state index contributed by atoms with van der Waals surface area (Å²) in [5.74, 6) is 0.123. The maximum Gasteiger partial charge on any atom is 0.241 e. The van der Waals surface area contributed by atoms with Gasteiger partial charge in [-0.1, -0.05) is 18.2 Å². The van der Waals surface area contributed by atoms with Crippen LogP contribution in [0.2, 0.25) is 0 Å². The number of amides is 1. The first-order valence-corrected chi connectivity index (χ1v) is 11.0. The van der Waals surface area contributed by atoms with Gasteiger partial charge >= 0.3 is 0 Å². The minimum Gasteiger partial charge on any atom is -0.329 e. The minimum absolute atomic E-state index is 0.123. The number of nitrogens with zero attached hydrogens (tertiary/aromatic N) is 5. The smallest absolute Gasteiger partial charge is 0.241 e. The van der Waals surface area contributed by atoms with Gasteiger partial charge in [-0.3, -0.25) is 9.69 Å². The van der Waals surface area contributed by atoms with Crippen LogP contribution >= 0.6 is 11.8 Å². The standard InChI is InChI=1S/C23H23N5OS/c1-30-22-4-2-3-20(11-22)28-10-9-26(16-23(28)29)15-21-13-25-17-27(21)14-19-7-5-18(12-24)6-8-19/h2-8,11,13,17H,9-10,14-16H2,1H3.